The zero-order valence-corrected chi connectivity index (χ0v) is 13.0. The minimum absolute atomic E-state index is 0.120. The Labute approximate surface area is 127 Å². The Balaban J connectivity index is 2.05. The molecule has 2 rings (SSSR count). The van der Waals surface area contributed by atoms with Crippen LogP contribution in [0.25, 0.3) is 0 Å². The van der Waals surface area contributed by atoms with E-state index in [9.17, 15) is 9.90 Å². The summed E-state index contributed by atoms with van der Waals surface area (Å²) in [5.41, 5.74) is 1.00. The summed E-state index contributed by atoms with van der Waals surface area (Å²) in [5.74, 6) is -0.226. The van der Waals surface area contributed by atoms with Crippen molar-refractivity contribution in [2.75, 3.05) is 7.05 Å². The van der Waals surface area contributed by atoms with Gasteiger partial charge in [-0.2, -0.15) is 0 Å². The highest BCUT2D eigenvalue weighted by molar-refractivity contribution is 5.71. The number of carboxylic acid groups (broad SMARTS) is 1. The van der Waals surface area contributed by atoms with Crippen molar-refractivity contribution in [3.8, 4) is 0 Å². The lowest BCUT2D eigenvalue weighted by Crippen LogP contribution is -2.45. The molecule has 4 nitrogen and oxygen atoms in total. The second-order valence-electron chi connectivity index (χ2n) is 6.22. The first-order chi connectivity index (χ1) is 10.1. The predicted molar refractivity (Wildman–Crippen MR) is 82.9 cm³/mol. The third-order valence-corrected chi connectivity index (χ3v) is 4.64. The van der Waals surface area contributed by atoms with E-state index >= 15 is 0 Å². The van der Waals surface area contributed by atoms with Crippen LogP contribution < -0.4 is 0 Å². The predicted octanol–water partition coefficient (Wildman–Crippen LogP) is 3.18. The molecule has 3 atom stereocenters. The Bertz CT molecular complexity index is 449. The number of aliphatic carboxylic acids is 1. The fraction of sp³-hybridized carbons (Fsp3) is 0.647. The molecule has 1 aromatic rings. The number of rotatable bonds is 6. The van der Waals surface area contributed by atoms with Crippen LogP contribution in [0.3, 0.4) is 0 Å². The minimum atomic E-state index is -0.650. The maximum atomic E-state index is 11.5. The second kappa shape index (κ2) is 7.55. The summed E-state index contributed by atoms with van der Waals surface area (Å²) in [6.45, 7) is 2.92. The fourth-order valence-electron chi connectivity index (χ4n) is 3.54. The van der Waals surface area contributed by atoms with Crippen molar-refractivity contribution in [1.29, 1.82) is 0 Å². The number of aromatic nitrogens is 1. The van der Waals surface area contributed by atoms with Crippen LogP contribution in [0, 0.1) is 11.8 Å². The maximum Gasteiger partial charge on any atom is 0.308 e. The lowest BCUT2D eigenvalue weighted by molar-refractivity contribution is -0.146. The Kier molecular flexibility index (Phi) is 5.74. The molecule has 1 fully saturated rings. The average molecular weight is 290 g/mol. The highest BCUT2D eigenvalue weighted by atomic mass is 16.4. The first-order valence-electron chi connectivity index (χ1n) is 7.94. The van der Waals surface area contributed by atoms with Crippen molar-refractivity contribution in [3.63, 3.8) is 0 Å². The monoisotopic (exact) mass is 290 g/mol. The first-order valence-corrected chi connectivity index (χ1v) is 7.94. The number of carbonyl (C=O) groups is 1. The molecule has 1 saturated carbocycles. The number of hydrogen-bond donors (Lipinski definition) is 1. The van der Waals surface area contributed by atoms with Gasteiger partial charge in [-0.1, -0.05) is 25.8 Å². The summed E-state index contributed by atoms with van der Waals surface area (Å²) in [6, 6.07) is 6.00. The summed E-state index contributed by atoms with van der Waals surface area (Å²) >= 11 is 0. The van der Waals surface area contributed by atoms with E-state index < -0.39 is 5.97 Å². The van der Waals surface area contributed by atoms with E-state index in [-0.39, 0.29) is 12.0 Å². The van der Waals surface area contributed by atoms with E-state index in [1.54, 1.807) is 6.20 Å². The number of nitrogens with zero attached hydrogens (tertiary/aromatic N) is 2. The molecule has 3 unspecified atom stereocenters. The molecule has 0 aliphatic heterocycles. The van der Waals surface area contributed by atoms with Crippen LogP contribution in [0.15, 0.2) is 24.4 Å². The maximum absolute atomic E-state index is 11.5. The van der Waals surface area contributed by atoms with E-state index in [0.717, 1.165) is 25.0 Å². The highest BCUT2D eigenvalue weighted by Crippen LogP contribution is 2.35. The van der Waals surface area contributed by atoms with Crippen LogP contribution in [0.1, 0.15) is 44.7 Å². The van der Waals surface area contributed by atoms with Crippen molar-refractivity contribution in [1.82, 2.24) is 9.88 Å². The normalized spacial score (nSPS) is 26.0. The molecule has 4 heteroatoms. The van der Waals surface area contributed by atoms with E-state index in [2.05, 4.69) is 16.8 Å². The number of pyridine rings is 1. The zero-order valence-electron chi connectivity index (χ0n) is 13.0. The third kappa shape index (κ3) is 4.27. The number of carboxylic acids is 1. The van der Waals surface area contributed by atoms with Gasteiger partial charge in [0.15, 0.2) is 0 Å². The van der Waals surface area contributed by atoms with Crippen molar-refractivity contribution in [2.24, 2.45) is 11.8 Å². The largest absolute Gasteiger partial charge is 0.481 e. The van der Waals surface area contributed by atoms with Gasteiger partial charge in [0, 0.05) is 18.8 Å². The van der Waals surface area contributed by atoms with Crippen molar-refractivity contribution < 1.29 is 9.90 Å². The van der Waals surface area contributed by atoms with Gasteiger partial charge in [0.1, 0.15) is 0 Å². The van der Waals surface area contributed by atoms with Gasteiger partial charge in [0.05, 0.1) is 11.6 Å². The molecule has 1 aromatic heterocycles. The van der Waals surface area contributed by atoms with Crippen LogP contribution in [-0.2, 0) is 11.3 Å². The van der Waals surface area contributed by atoms with Crippen LogP contribution in [0.4, 0.5) is 0 Å². The van der Waals surface area contributed by atoms with Gasteiger partial charge in [0.25, 0.3) is 0 Å². The summed E-state index contributed by atoms with van der Waals surface area (Å²) in [5, 5.41) is 9.50. The topological polar surface area (TPSA) is 53.4 Å². The van der Waals surface area contributed by atoms with Crippen molar-refractivity contribution in [2.45, 2.75) is 51.6 Å². The smallest absolute Gasteiger partial charge is 0.308 e. The van der Waals surface area contributed by atoms with Gasteiger partial charge in [-0.05, 0) is 44.4 Å². The Morgan fingerprint density at radius 3 is 2.86 bits per heavy atom. The summed E-state index contributed by atoms with van der Waals surface area (Å²) in [7, 11) is 2.03. The summed E-state index contributed by atoms with van der Waals surface area (Å²) < 4.78 is 0. The first kappa shape index (κ1) is 16.0. The van der Waals surface area contributed by atoms with E-state index in [1.165, 1.54) is 12.8 Å². The van der Waals surface area contributed by atoms with Crippen molar-refractivity contribution >= 4 is 5.97 Å². The van der Waals surface area contributed by atoms with Crippen LogP contribution >= 0.6 is 0 Å². The van der Waals surface area contributed by atoms with Gasteiger partial charge in [-0.3, -0.25) is 14.7 Å². The molecule has 1 heterocycles. The summed E-state index contributed by atoms with van der Waals surface area (Å²) in [4.78, 5) is 18.1. The minimum Gasteiger partial charge on any atom is -0.481 e. The molecule has 0 spiro atoms. The van der Waals surface area contributed by atoms with E-state index in [1.807, 2.05) is 25.2 Å². The van der Waals surface area contributed by atoms with Crippen LogP contribution in [0.5, 0.6) is 0 Å². The van der Waals surface area contributed by atoms with Gasteiger partial charge >= 0.3 is 5.97 Å². The molecule has 0 radical (unpaired) electrons. The van der Waals surface area contributed by atoms with Crippen molar-refractivity contribution in [3.05, 3.63) is 30.1 Å². The van der Waals surface area contributed by atoms with Crippen LogP contribution in [-0.4, -0.2) is 34.0 Å². The second-order valence-corrected chi connectivity index (χ2v) is 6.22. The quantitative estimate of drug-likeness (QED) is 0.874. The third-order valence-electron chi connectivity index (χ3n) is 4.64. The molecule has 1 aliphatic carbocycles. The molecular formula is C17H26N2O2. The molecule has 116 valence electrons. The Morgan fingerprint density at radius 2 is 2.24 bits per heavy atom. The molecule has 0 aromatic carbocycles. The molecule has 0 saturated heterocycles. The number of hydrogen-bond acceptors (Lipinski definition) is 3. The lowest BCUT2D eigenvalue weighted by Gasteiger charge is -2.39. The zero-order chi connectivity index (χ0) is 15.2. The van der Waals surface area contributed by atoms with Gasteiger partial charge in [0.2, 0.25) is 0 Å². The Hall–Kier alpha value is -1.42. The average Bonchev–Trinajstić information content (AvgIpc) is 2.48. The standard InChI is InChI=1S/C17H26N2O2/c1-3-6-13-8-9-15(17(20)21)16(11-13)19(2)12-14-7-4-5-10-18-14/h4-5,7,10,13,15-16H,3,6,8-9,11-12H2,1-2H3,(H,20,21). The molecule has 0 bridgehead atoms. The molecule has 21 heavy (non-hydrogen) atoms. The van der Waals surface area contributed by atoms with Gasteiger partial charge in [-0.25, -0.2) is 0 Å². The lowest BCUT2D eigenvalue weighted by atomic mass is 9.76. The molecule has 0 amide bonds. The van der Waals surface area contributed by atoms with Crippen LogP contribution in [0.2, 0.25) is 0 Å². The fourth-order valence-corrected chi connectivity index (χ4v) is 3.54. The molecule has 1 N–H and O–H groups in total. The molecular weight excluding hydrogens is 264 g/mol. The van der Waals surface area contributed by atoms with E-state index in [4.69, 9.17) is 0 Å². The molecule has 1 aliphatic rings. The van der Waals surface area contributed by atoms with E-state index in [0.29, 0.717) is 12.5 Å². The van der Waals surface area contributed by atoms with Gasteiger partial charge < -0.3 is 5.11 Å². The SMILES string of the molecule is CCCC1CCC(C(=O)O)C(N(C)Cc2ccccn2)C1. The summed E-state index contributed by atoms with van der Waals surface area (Å²) in [6.07, 6.45) is 7.03. The van der Waals surface area contributed by atoms with Gasteiger partial charge in [-0.15, -0.1) is 0 Å². The Morgan fingerprint density at radius 1 is 1.43 bits per heavy atom. The highest BCUT2D eigenvalue weighted by Gasteiger charge is 2.36.